The topological polar surface area (TPSA) is 95.6 Å². The first-order valence-electron chi connectivity index (χ1n) is 12.8. The minimum absolute atomic E-state index is 0.0183. The Hall–Kier alpha value is -3.27. The van der Waals surface area contributed by atoms with E-state index in [1.54, 1.807) is 43.3 Å². The summed E-state index contributed by atoms with van der Waals surface area (Å²) in [5.41, 5.74) is 2.37. The molecule has 10 heteroatoms. The molecule has 206 valence electrons. The van der Waals surface area contributed by atoms with E-state index in [0.717, 1.165) is 24.0 Å². The zero-order chi connectivity index (χ0) is 28.0. The fourth-order valence-electron chi connectivity index (χ4n) is 4.03. The number of nitrogens with zero attached hydrogens (tertiary/aromatic N) is 1. The Morgan fingerprint density at radius 3 is 2.15 bits per heavy atom. The van der Waals surface area contributed by atoms with Crippen LogP contribution in [0, 0.1) is 5.82 Å². The second-order valence-corrected chi connectivity index (χ2v) is 11.9. The quantitative estimate of drug-likeness (QED) is 0.332. The highest BCUT2D eigenvalue weighted by molar-refractivity contribution is 7.89. The lowest BCUT2D eigenvalue weighted by atomic mass is 10.1. The summed E-state index contributed by atoms with van der Waals surface area (Å²) in [5, 5.41) is 3.46. The average molecular weight is 572 g/mol. The van der Waals surface area contributed by atoms with Crippen molar-refractivity contribution in [2.75, 3.05) is 0 Å². The van der Waals surface area contributed by atoms with Crippen LogP contribution in [0.2, 0.25) is 5.02 Å². The van der Waals surface area contributed by atoms with Crippen LogP contribution in [0.15, 0.2) is 77.7 Å². The Kier molecular flexibility index (Phi) is 9.37. The van der Waals surface area contributed by atoms with Crippen LogP contribution in [0.1, 0.15) is 42.9 Å². The predicted octanol–water partition coefficient (Wildman–Crippen LogP) is 4.59. The molecule has 1 aliphatic carbocycles. The van der Waals surface area contributed by atoms with Crippen molar-refractivity contribution in [3.63, 3.8) is 0 Å². The van der Waals surface area contributed by atoms with Crippen LogP contribution < -0.4 is 10.0 Å². The van der Waals surface area contributed by atoms with E-state index in [-0.39, 0.29) is 48.1 Å². The monoisotopic (exact) mass is 571 g/mol. The molecule has 0 heterocycles. The number of carbonyl (C=O) groups excluding carboxylic acids is 2. The van der Waals surface area contributed by atoms with Gasteiger partial charge in [-0.3, -0.25) is 9.59 Å². The van der Waals surface area contributed by atoms with E-state index in [9.17, 15) is 22.4 Å². The van der Waals surface area contributed by atoms with Crippen molar-refractivity contribution >= 4 is 33.4 Å². The number of sulfonamides is 1. The van der Waals surface area contributed by atoms with Gasteiger partial charge in [0.15, 0.2) is 0 Å². The first kappa shape index (κ1) is 28.7. The van der Waals surface area contributed by atoms with Gasteiger partial charge in [0, 0.05) is 30.6 Å². The molecule has 1 aliphatic rings. The maximum atomic E-state index is 13.4. The number of benzene rings is 3. The normalized spacial score (nSPS) is 14.0. The maximum Gasteiger partial charge on any atom is 0.242 e. The van der Waals surface area contributed by atoms with E-state index >= 15 is 0 Å². The SMILES string of the molecule is C[C@@H](C(=O)NCc1ccc(Cl)cc1)N(Cc1ccc(F)cc1)C(=O)CCc1ccc(S(=O)(=O)NC2CC2)cc1. The minimum atomic E-state index is -3.55. The van der Waals surface area contributed by atoms with Crippen LogP contribution in [0.5, 0.6) is 0 Å². The van der Waals surface area contributed by atoms with Crippen LogP contribution in [-0.4, -0.2) is 37.2 Å². The number of halogens is 2. The van der Waals surface area contributed by atoms with Gasteiger partial charge in [-0.05, 0) is 79.3 Å². The molecule has 1 saturated carbocycles. The fourth-order valence-corrected chi connectivity index (χ4v) is 5.46. The number of carbonyl (C=O) groups is 2. The number of nitrogens with one attached hydrogen (secondary N) is 2. The highest BCUT2D eigenvalue weighted by atomic mass is 35.5. The summed E-state index contributed by atoms with van der Waals surface area (Å²) in [6.07, 6.45) is 2.19. The Labute approximate surface area is 233 Å². The highest BCUT2D eigenvalue weighted by Gasteiger charge is 2.28. The van der Waals surface area contributed by atoms with Gasteiger partial charge in [0.2, 0.25) is 21.8 Å². The van der Waals surface area contributed by atoms with Crippen molar-refractivity contribution in [1.82, 2.24) is 14.9 Å². The van der Waals surface area contributed by atoms with Crippen molar-refractivity contribution in [3.05, 3.63) is 100 Å². The number of hydrogen-bond acceptors (Lipinski definition) is 4. The molecule has 7 nitrogen and oxygen atoms in total. The van der Waals surface area contributed by atoms with Gasteiger partial charge in [-0.15, -0.1) is 0 Å². The van der Waals surface area contributed by atoms with E-state index in [4.69, 9.17) is 11.6 Å². The van der Waals surface area contributed by atoms with Crippen LogP contribution in [0.3, 0.4) is 0 Å². The predicted molar refractivity (Wildman–Crippen MR) is 148 cm³/mol. The van der Waals surface area contributed by atoms with Crippen molar-refractivity contribution < 1.29 is 22.4 Å². The molecule has 39 heavy (non-hydrogen) atoms. The minimum Gasteiger partial charge on any atom is -0.350 e. The summed E-state index contributed by atoms with van der Waals surface area (Å²) < 4.78 is 40.9. The molecule has 0 unspecified atom stereocenters. The van der Waals surface area contributed by atoms with Gasteiger partial charge in [-0.1, -0.05) is 48.0 Å². The molecule has 0 saturated heterocycles. The van der Waals surface area contributed by atoms with Gasteiger partial charge in [-0.25, -0.2) is 17.5 Å². The van der Waals surface area contributed by atoms with Crippen molar-refractivity contribution in [2.24, 2.45) is 0 Å². The van der Waals surface area contributed by atoms with E-state index < -0.39 is 16.1 Å². The second-order valence-electron chi connectivity index (χ2n) is 9.71. The van der Waals surface area contributed by atoms with E-state index in [2.05, 4.69) is 10.0 Å². The first-order chi connectivity index (χ1) is 18.6. The fraction of sp³-hybridized carbons (Fsp3) is 0.310. The van der Waals surface area contributed by atoms with Crippen LogP contribution in [0.4, 0.5) is 4.39 Å². The Morgan fingerprint density at radius 2 is 1.54 bits per heavy atom. The summed E-state index contributed by atoms with van der Waals surface area (Å²) in [7, 11) is -3.55. The standard InChI is InChI=1S/C29H31ClFN3O4S/c1-20(29(36)32-18-22-2-9-24(30)10-3-22)34(19-23-4-11-25(31)12-5-23)28(35)17-8-21-6-15-27(16-7-21)39(37,38)33-26-13-14-26/h2-7,9-12,15-16,20,26,33H,8,13-14,17-19H2,1H3,(H,32,36)/t20-/m0/s1. The number of hydrogen-bond donors (Lipinski definition) is 2. The smallest absolute Gasteiger partial charge is 0.242 e. The molecule has 2 N–H and O–H groups in total. The Balaban J connectivity index is 1.41. The van der Waals surface area contributed by atoms with E-state index in [0.29, 0.717) is 17.0 Å². The Morgan fingerprint density at radius 1 is 0.949 bits per heavy atom. The van der Waals surface area contributed by atoms with Crippen molar-refractivity contribution in [3.8, 4) is 0 Å². The lowest BCUT2D eigenvalue weighted by Crippen LogP contribution is -2.47. The molecule has 4 rings (SSSR count). The molecule has 1 atom stereocenters. The van der Waals surface area contributed by atoms with Gasteiger partial charge < -0.3 is 10.2 Å². The van der Waals surface area contributed by atoms with Gasteiger partial charge in [0.05, 0.1) is 4.90 Å². The highest BCUT2D eigenvalue weighted by Crippen LogP contribution is 2.22. The molecule has 0 aromatic heterocycles. The number of amides is 2. The average Bonchev–Trinajstić information content (AvgIpc) is 3.74. The largest absolute Gasteiger partial charge is 0.350 e. The zero-order valence-corrected chi connectivity index (χ0v) is 23.1. The molecule has 0 bridgehead atoms. The molecule has 0 spiro atoms. The summed E-state index contributed by atoms with van der Waals surface area (Å²) >= 11 is 5.93. The zero-order valence-electron chi connectivity index (χ0n) is 21.6. The molecule has 3 aromatic rings. The third-order valence-corrected chi connectivity index (χ3v) is 8.36. The van der Waals surface area contributed by atoms with Gasteiger partial charge in [-0.2, -0.15) is 0 Å². The van der Waals surface area contributed by atoms with Gasteiger partial charge >= 0.3 is 0 Å². The second kappa shape index (κ2) is 12.7. The molecule has 3 aromatic carbocycles. The van der Waals surface area contributed by atoms with Gasteiger partial charge in [0.1, 0.15) is 11.9 Å². The lowest BCUT2D eigenvalue weighted by molar-refractivity contribution is -0.140. The summed E-state index contributed by atoms with van der Waals surface area (Å²) in [5.74, 6) is -0.957. The third kappa shape index (κ3) is 8.36. The molecule has 2 amide bonds. The van der Waals surface area contributed by atoms with Gasteiger partial charge in [0.25, 0.3) is 0 Å². The van der Waals surface area contributed by atoms with E-state index in [1.807, 2.05) is 12.1 Å². The summed E-state index contributed by atoms with van der Waals surface area (Å²) in [6, 6.07) is 18.6. The van der Waals surface area contributed by atoms with Crippen LogP contribution >= 0.6 is 11.6 Å². The Bertz CT molecular complexity index is 1390. The summed E-state index contributed by atoms with van der Waals surface area (Å²) in [6.45, 7) is 2.08. The number of rotatable bonds is 12. The maximum absolute atomic E-state index is 13.4. The number of aryl methyl sites for hydroxylation is 1. The van der Waals surface area contributed by atoms with Crippen LogP contribution in [0.25, 0.3) is 0 Å². The molecular formula is C29H31ClFN3O4S. The molecular weight excluding hydrogens is 541 g/mol. The molecule has 0 radical (unpaired) electrons. The van der Waals surface area contributed by atoms with Crippen molar-refractivity contribution in [2.45, 2.75) is 62.7 Å². The van der Waals surface area contributed by atoms with Crippen molar-refractivity contribution in [1.29, 1.82) is 0 Å². The molecule has 1 fully saturated rings. The first-order valence-corrected chi connectivity index (χ1v) is 14.6. The summed E-state index contributed by atoms with van der Waals surface area (Å²) in [4.78, 5) is 28.0. The van der Waals surface area contributed by atoms with E-state index in [1.165, 1.54) is 29.2 Å². The third-order valence-electron chi connectivity index (χ3n) is 6.57. The van der Waals surface area contributed by atoms with Crippen LogP contribution in [-0.2, 0) is 39.1 Å². The molecule has 0 aliphatic heterocycles. The lowest BCUT2D eigenvalue weighted by Gasteiger charge is -2.29.